The average Bonchev–Trinajstić information content (AvgIpc) is 2.38. The smallest absolute Gasteiger partial charge is 0.162 e. The van der Waals surface area contributed by atoms with Crippen LogP contribution in [-0.4, -0.2) is 13.2 Å². The highest BCUT2D eigenvalue weighted by Gasteiger charge is 2.18. The van der Waals surface area contributed by atoms with Gasteiger partial charge in [-0.3, -0.25) is 0 Å². The van der Waals surface area contributed by atoms with Crippen LogP contribution in [0.2, 0.25) is 0 Å². The fourth-order valence-corrected chi connectivity index (χ4v) is 2.75. The quantitative estimate of drug-likeness (QED) is 0.841. The Kier molecular flexibility index (Phi) is 4.89. The summed E-state index contributed by atoms with van der Waals surface area (Å²) >= 11 is 3.57. The molecule has 0 spiro atoms. The second-order valence-electron chi connectivity index (χ2n) is 4.62. The highest BCUT2D eigenvalue weighted by Crippen LogP contribution is 2.38. The van der Waals surface area contributed by atoms with Gasteiger partial charge in [0.1, 0.15) is 13.2 Å². The van der Waals surface area contributed by atoms with E-state index in [-0.39, 0.29) is 6.04 Å². The van der Waals surface area contributed by atoms with Gasteiger partial charge in [0.2, 0.25) is 0 Å². The summed E-state index contributed by atoms with van der Waals surface area (Å²) in [6.07, 6.45) is 4.62. The first-order chi connectivity index (χ1) is 8.72. The monoisotopic (exact) mass is 313 g/mol. The fraction of sp³-hybridized carbons (Fsp3) is 0.571. The molecule has 1 aromatic rings. The summed E-state index contributed by atoms with van der Waals surface area (Å²) in [6, 6.07) is 4.03. The molecule has 1 atom stereocenters. The Bertz CT molecular complexity index is 409. The van der Waals surface area contributed by atoms with Crippen LogP contribution in [0.3, 0.4) is 0 Å². The molecule has 0 bridgehead atoms. The number of benzene rings is 1. The maximum Gasteiger partial charge on any atom is 0.162 e. The minimum absolute atomic E-state index is 0.0572. The summed E-state index contributed by atoms with van der Waals surface area (Å²) in [5.41, 5.74) is 7.35. The molecule has 1 aliphatic heterocycles. The van der Waals surface area contributed by atoms with E-state index in [1.54, 1.807) is 0 Å². The third-order valence-electron chi connectivity index (χ3n) is 3.18. The van der Waals surface area contributed by atoms with E-state index in [9.17, 15) is 0 Å². The third-order valence-corrected chi connectivity index (χ3v) is 3.87. The molecular formula is C14H20BrNO2. The van der Waals surface area contributed by atoms with Crippen molar-refractivity contribution < 1.29 is 9.47 Å². The Morgan fingerprint density at radius 2 is 1.89 bits per heavy atom. The molecule has 1 aromatic carbocycles. The van der Waals surface area contributed by atoms with Gasteiger partial charge in [-0.2, -0.15) is 0 Å². The van der Waals surface area contributed by atoms with Crippen LogP contribution < -0.4 is 15.2 Å². The summed E-state index contributed by atoms with van der Waals surface area (Å²) in [5, 5.41) is 0. The van der Waals surface area contributed by atoms with Crippen LogP contribution in [0.4, 0.5) is 0 Å². The summed E-state index contributed by atoms with van der Waals surface area (Å²) in [6.45, 7) is 3.42. The SMILES string of the molecule is CCCCCC(N)c1cc2c(cc1Br)OCCO2. The number of fused-ring (bicyclic) bond motifs is 1. The van der Waals surface area contributed by atoms with E-state index in [2.05, 4.69) is 22.9 Å². The van der Waals surface area contributed by atoms with Gasteiger partial charge in [0, 0.05) is 10.5 Å². The molecule has 18 heavy (non-hydrogen) atoms. The van der Waals surface area contributed by atoms with Crippen LogP contribution in [0, 0.1) is 0 Å². The van der Waals surface area contributed by atoms with E-state index in [1.807, 2.05) is 12.1 Å². The molecule has 3 nitrogen and oxygen atoms in total. The van der Waals surface area contributed by atoms with Crippen LogP contribution in [0.15, 0.2) is 16.6 Å². The highest BCUT2D eigenvalue weighted by atomic mass is 79.9. The van der Waals surface area contributed by atoms with Gasteiger partial charge >= 0.3 is 0 Å². The van der Waals surface area contributed by atoms with Crippen LogP contribution >= 0.6 is 15.9 Å². The molecule has 0 fully saturated rings. The van der Waals surface area contributed by atoms with Crippen LogP contribution in [0.5, 0.6) is 11.5 Å². The van der Waals surface area contributed by atoms with Crippen molar-refractivity contribution in [2.75, 3.05) is 13.2 Å². The number of hydrogen-bond donors (Lipinski definition) is 1. The average molecular weight is 314 g/mol. The fourth-order valence-electron chi connectivity index (χ4n) is 2.13. The van der Waals surface area contributed by atoms with E-state index < -0.39 is 0 Å². The van der Waals surface area contributed by atoms with Gasteiger partial charge in [-0.25, -0.2) is 0 Å². The van der Waals surface area contributed by atoms with Gasteiger partial charge in [-0.1, -0.05) is 42.1 Å². The van der Waals surface area contributed by atoms with E-state index in [4.69, 9.17) is 15.2 Å². The summed E-state index contributed by atoms with van der Waals surface area (Å²) in [5.74, 6) is 1.61. The Balaban J connectivity index is 2.12. The highest BCUT2D eigenvalue weighted by molar-refractivity contribution is 9.10. The Morgan fingerprint density at radius 1 is 1.22 bits per heavy atom. The van der Waals surface area contributed by atoms with Crippen LogP contribution in [0.1, 0.15) is 44.2 Å². The van der Waals surface area contributed by atoms with Crippen molar-refractivity contribution in [1.82, 2.24) is 0 Å². The molecule has 0 amide bonds. The van der Waals surface area contributed by atoms with Crippen molar-refractivity contribution in [2.45, 2.75) is 38.6 Å². The van der Waals surface area contributed by atoms with Gasteiger partial charge in [-0.15, -0.1) is 0 Å². The van der Waals surface area contributed by atoms with Crippen LogP contribution in [0.25, 0.3) is 0 Å². The molecule has 0 radical (unpaired) electrons. The topological polar surface area (TPSA) is 44.5 Å². The maximum atomic E-state index is 6.24. The predicted molar refractivity (Wildman–Crippen MR) is 76.2 cm³/mol. The standard InChI is InChI=1S/C14H20BrNO2/c1-2-3-4-5-12(16)10-8-13-14(9-11(10)15)18-7-6-17-13/h8-9,12H,2-7,16H2,1H3. The van der Waals surface area contributed by atoms with Gasteiger partial charge in [0.15, 0.2) is 11.5 Å². The summed E-state index contributed by atoms with van der Waals surface area (Å²) < 4.78 is 12.1. The third kappa shape index (κ3) is 3.18. The number of ether oxygens (including phenoxy) is 2. The number of unbranched alkanes of at least 4 members (excludes halogenated alkanes) is 2. The van der Waals surface area contributed by atoms with Crippen molar-refractivity contribution in [3.05, 3.63) is 22.2 Å². The maximum absolute atomic E-state index is 6.24. The molecular weight excluding hydrogens is 294 g/mol. The largest absolute Gasteiger partial charge is 0.486 e. The molecule has 2 rings (SSSR count). The first-order valence-corrected chi connectivity index (χ1v) is 7.36. The molecule has 0 saturated carbocycles. The van der Waals surface area contributed by atoms with Crippen molar-refractivity contribution in [2.24, 2.45) is 5.73 Å². The van der Waals surface area contributed by atoms with E-state index in [1.165, 1.54) is 19.3 Å². The molecule has 0 saturated heterocycles. The molecule has 2 N–H and O–H groups in total. The second kappa shape index (κ2) is 6.43. The zero-order valence-electron chi connectivity index (χ0n) is 10.7. The first kappa shape index (κ1) is 13.7. The van der Waals surface area contributed by atoms with Crippen molar-refractivity contribution >= 4 is 15.9 Å². The first-order valence-electron chi connectivity index (χ1n) is 6.57. The predicted octanol–water partition coefficient (Wildman–Crippen LogP) is 3.80. The lowest BCUT2D eigenvalue weighted by Crippen LogP contribution is -2.17. The zero-order chi connectivity index (χ0) is 13.0. The zero-order valence-corrected chi connectivity index (χ0v) is 12.3. The molecule has 1 aliphatic rings. The van der Waals surface area contributed by atoms with E-state index in [0.29, 0.717) is 13.2 Å². The van der Waals surface area contributed by atoms with E-state index in [0.717, 1.165) is 28.0 Å². The van der Waals surface area contributed by atoms with Crippen molar-refractivity contribution in [3.63, 3.8) is 0 Å². The molecule has 0 aliphatic carbocycles. The van der Waals surface area contributed by atoms with Gasteiger partial charge in [-0.05, 0) is 24.1 Å². The van der Waals surface area contributed by atoms with Crippen LogP contribution in [-0.2, 0) is 0 Å². The summed E-state index contributed by atoms with van der Waals surface area (Å²) in [7, 11) is 0. The minimum atomic E-state index is 0.0572. The number of halogens is 1. The van der Waals surface area contributed by atoms with Crippen molar-refractivity contribution in [3.8, 4) is 11.5 Å². The molecule has 1 heterocycles. The Labute approximate surface area is 117 Å². The number of nitrogens with two attached hydrogens (primary N) is 1. The number of hydrogen-bond acceptors (Lipinski definition) is 3. The van der Waals surface area contributed by atoms with Gasteiger partial charge in [0.25, 0.3) is 0 Å². The minimum Gasteiger partial charge on any atom is -0.486 e. The number of rotatable bonds is 5. The Hall–Kier alpha value is -0.740. The lowest BCUT2D eigenvalue weighted by atomic mass is 10.0. The second-order valence-corrected chi connectivity index (χ2v) is 5.47. The molecule has 100 valence electrons. The normalized spacial score (nSPS) is 15.5. The lowest BCUT2D eigenvalue weighted by molar-refractivity contribution is 0.171. The van der Waals surface area contributed by atoms with E-state index >= 15 is 0 Å². The van der Waals surface area contributed by atoms with Crippen molar-refractivity contribution in [1.29, 1.82) is 0 Å². The molecule has 1 unspecified atom stereocenters. The van der Waals surface area contributed by atoms with Gasteiger partial charge < -0.3 is 15.2 Å². The Morgan fingerprint density at radius 3 is 2.56 bits per heavy atom. The lowest BCUT2D eigenvalue weighted by Gasteiger charge is -2.22. The molecule has 4 heteroatoms. The van der Waals surface area contributed by atoms with Gasteiger partial charge in [0.05, 0.1) is 0 Å². The summed E-state index contributed by atoms with van der Waals surface area (Å²) in [4.78, 5) is 0. The molecule has 0 aromatic heterocycles.